The first-order valence-corrected chi connectivity index (χ1v) is 7.17. The highest BCUT2D eigenvalue weighted by Gasteiger charge is 2.13. The number of rotatable bonds is 4. The molecule has 2 rings (SSSR count). The molecule has 0 saturated carbocycles. The predicted octanol–water partition coefficient (Wildman–Crippen LogP) is 4.87. The fourth-order valence-electron chi connectivity index (χ4n) is 1.70. The highest BCUT2D eigenvalue weighted by Crippen LogP contribution is 2.27. The zero-order valence-corrected chi connectivity index (χ0v) is 13.2. The maximum absolute atomic E-state index is 13.0. The van der Waals surface area contributed by atoms with Gasteiger partial charge in [-0.15, -0.1) is 0 Å². The molecular formula is C13H9Br2FN2O2. The quantitative estimate of drug-likeness (QED) is 0.585. The van der Waals surface area contributed by atoms with Crippen molar-refractivity contribution in [3.05, 3.63) is 66.8 Å². The van der Waals surface area contributed by atoms with Crippen LogP contribution in [0.3, 0.4) is 0 Å². The van der Waals surface area contributed by atoms with E-state index < -0.39 is 4.92 Å². The van der Waals surface area contributed by atoms with Gasteiger partial charge < -0.3 is 5.32 Å². The summed E-state index contributed by atoms with van der Waals surface area (Å²) in [5.74, 6) is -0.351. The van der Waals surface area contributed by atoms with Crippen LogP contribution in [0.4, 0.5) is 15.8 Å². The SMILES string of the molecule is O=[N+]([O-])c1ccc(Br)cc1CNc1ccc(F)cc1Br. The van der Waals surface area contributed by atoms with Crippen LogP contribution in [0.2, 0.25) is 0 Å². The molecule has 104 valence electrons. The molecule has 0 aliphatic rings. The van der Waals surface area contributed by atoms with Crippen LogP contribution < -0.4 is 5.32 Å². The molecule has 0 bridgehead atoms. The van der Waals surface area contributed by atoms with Crippen molar-refractivity contribution in [3.63, 3.8) is 0 Å². The molecule has 4 nitrogen and oxygen atoms in total. The highest BCUT2D eigenvalue weighted by molar-refractivity contribution is 9.10. The minimum absolute atomic E-state index is 0.0407. The largest absolute Gasteiger partial charge is 0.380 e. The summed E-state index contributed by atoms with van der Waals surface area (Å²) in [5, 5.41) is 14.0. The van der Waals surface area contributed by atoms with E-state index in [-0.39, 0.29) is 18.0 Å². The summed E-state index contributed by atoms with van der Waals surface area (Å²) in [6, 6.07) is 8.97. The molecule has 0 spiro atoms. The second-order valence-electron chi connectivity index (χ2n) is 4.01. The number of hydrogen-bond acceptors (Lipinski definition) is 3. The molecule has 0 saturated heterocycles. The van der Waals surface area contributed by atoms with E-state index in [0.29, 0.717) is 15.7 Å². The number of halogens is 3. The minimum Gasteiger partial charge on any atom is -0.380 e. The van der Waals surface area contributed by atoms with Crippen molar-refractivity contribution in [3.8, 4) is 0 Å². The van der Waals surface area contributed by atoms with Gasteiger partial charge in [0.1, 0.15) is 5.82 Å². The second kappa shape index (κ2) is 6.32. The molecule has 0 atom stereocenters. The molecule has 20 heavy (non-hydrogen) atoms. The molecule has 0 aliphatic heterocycles. The molecule has 0 unspecified atom stereocenters. The number of nitrogens with zero attached hydrogens (tertiary/aromatic N) is 1. The Morgan fingerprint density at radius 2 is 1.95 bits per heavy atom. The fraction of sp³-hybridized carbons (Fsp3) is 0.0769. The third kappa shape index (κ3) is 3.55. The third-order valence-corrected chi connectivity index (χ3v) is 3.79. The number of nitro benzene ring substituents is 1. The van der Waals surface area contributed by atoms with E-state index in [4.69, 9.17) is 0 Å². The molecule has 0 fully saturated rings. The number of hydrogen-bond donors (Lipinski definition) is 1. The van der Waals surface area contributed by atoms with Crippen LogP contribution in [0.1, 0.15) is 5.56 Å². The molecule has 0 aromatic heterocycles. The van der Waals surface area contributed by atoms with E-state index in [1.165, 1.54) is 18.2 Å². The molecule has 0 aliphatic carbocycles. The van der Waals surface area contributed by atoms with Crippen LogP contribution in [-0.4, -0.2) is 4.92 Å². The first-order chi connectivity index (χ1) is 9.47. The Morgan fingerprint density at radius 1 is 1.20 bits per heavy atom. The van der Waals surface area contributed by atoms with Gasteiger partial charge in [0.25, 0.3) is 5.69 Å². The second-order valence-corrected chi connectivity index (χ2v) is 5.78. The lowest BCUT2D eigenvalue weighted by atomic mass is 10.1. The molecule has 2 aromatic carbocycles. The number of nitro groups is 1. The van der Waals surface area contributed by atoms with Crippen molar-refractivity contribution in [2.24, 2.45) is 0 Å². The molecule has 0 heterocycles. The summed E-state index contributed by atoms with van der Waals surface area (Å²) in [6.45, 7) is 0.264. The standard InChI is InChI=1S/C13H9Br2FN2O2/c14-9-1-4-13(18(19)20)8(5-9)7-17-12-3-2-10(16)6-11(12)15/h1-6,17H,7H2. The topological polar surface area (TPSA) is 55.2 Å². The Balaban J connectivity index is 2.22. The van der Waals surface area contributed by atoms with Gasteiger partial charge in [0.05, 0.1) is 4.92 Å². The van der Waals surface area contributed by atoms with E-state index >= 15 is 0 Å². The van der Waals surface area contributed by atoms with Gasteiger partial charge in [-0.25, -0.2) is 4.39 Å². The van der Waals surface area contributed by atoms with Gasteiger partial charge in [-0.3, -0.25) is 10.1 Å². The van der Waals surface area contributed by atoms with Crippen molar-refractivity contribution >= 4 is 43.2 Å². The summed E-state index contributed by atoms with van der Waals surface area (Å²) in [5.41, 5.74) is 1.25. The van der Waals surface area contributed by atoms with Gasteiger partial charge >= 0.3 is 0 Å². The summed E-state index contributed by atoms with van der Waals surface area (Å²) in [6.07, 6.45) is 0. The van der Waals surface area contributed by atoms with E-state index in [1.54, 1.807) is 18.2 Å². The van der Waals surface area contributed by atoms with Crippen LogP contribution in [0.5, 0.6) is 0 Å². The van der Waals surface area contributed by atoms with Crippen molar-refractivity contribution in [1.29, 1.82) is 0 Å². The minimum atomic E-state index is -0.427. The summed E-state index contributed by atoms with van der Waals surface area (Å²) >= 11 is 6.52. The molecule has 7 heteroatoms. The average molecular weight is 404 g/mol. The van der Waals surface area contributed by atoms with Crippen molar-refractivity contribution < 1.29 is 9.31 Å². The first kappa shape index (κ1) is 14.9. The fourth-order valence-corrected chi connectivity index (χ4v) is 2.60. The number of anilines is 1. The lowest BCUT2D eigenvalue weighted by Crippen LogP contribution is -2.03. The average Bonchev–Trinajstić information content (AvgIpc) is 2.37. The van der Waals surface area contributed by atoms with Gasteiger partial charge in [-0.05, 0) is 46.3 Å². The van der Waals surface area contributed by atoms with E-state index in [2.05, 4.69) is 37.2 Å². The maximum atomic E-state index is 13.0. The van der Waals surface area contributed by atoms with Crippen LogP contribution in [0.15, 0.2) is 45.3 Å². The van der Waals surface area contributed by atoms with Gasteiger partial charge in [-0.1, -0.05) is 15.9 Å². The normalized spacial score (nSPS) is 10.3. The van der Waals surface area contributed by atoms with Gasteiger partial charge in [0.2, 0.25) is 0 Å². The Bertz CT molecular complexity index is 665. The summed E-state index contributed by atoms with van der Waals surface area (Å²) < 4.78 is 14.3. The lowest BCUT2D eigenvalue weighted by molar-refractivity contribution is -0.385. The summed E-state index contributed by atoms with van der Waals surface area (Å²) in [4.78, 5) is 10.5. The van der Waals surface area contributed by atoms with Gasteiger partial charge in [0, 0.05) is 32.8 Å². The van der Waals surface area contributed by atoms with Crippen molar-refractivity contribution in [2.45, 2.75) is 6.54 Å². The zero-order chi connectivity index (χ0) is 14.7. The Morgan fingerprint density at radius 3 is 2.60 bits per heavy atom. The molecular weight excluding hydrogens is 395 g/mol. The molecule has 0 amide bonds. The first-order valence-electron chi connectivity index (χ1n) is 5.59. The van der Waals surface area contributed by atoms with Gasteiger partial charge in [-0.2, -0.15) is 0 Å². The highest BCUT2D eigenvalue weighted by atomic mass is 79.9. The molecule has 1 N–H and O–H groups in total. The predicted molar refractivity (Wildman–Crippen MR) is 82.2 cm³/mol. The monoisotopic (exact) mass is 402 g/mol. The van der Waals surface area contributed by atoms with E-state index in [0.717, 1.165) is 4.47 Å². The number of nitrogens with one attached hydrogen (secondary N) is 1. The van der Waals surface area contributed by atoms with Gasteiger partial charge in [0.15, 0.2) is 0 Å². The van der Waals surface area contributed by atoms with Crippen molar-refractivity contribution in [2.75, 3.05) is 5.32 Å². The van der Waals surface area contributed by atoms with Crippen LogP contribution in [-0.2, 0) is 6.54 Å². The summed E-state index contributed by atoms with van der Waals surface area (Å²) in [7, 11) is 0. The Hall–Kier alpha value is -1.47. The van der Waals surface area contributed by atoms with E-state index in [9.17, 15) is 14.5 Å². The zero-order valence-electron chi connectivity index (χ0n) is 10.1. The van der Waals surface area contributed by atoms with Crippen LogP contribution in [0, 0.1) is 15.9 Å². The Labute approximate surface area is 131 Å². The van der Waals surface area contributed by atoms with Crippen LogP contribution >= 0.6 is 31.9 Å². The lowest BCUT2D eigenvalue weighted by Gasteiger charge is -2.09. The van der Waals surface area contributed by atoms with Crippen molar-refractivity contribution in [1.82, 2.24) is 0 Å². The molecule has 0 radical (unpaired) electrons. The smallest absolute Gasteiger partial charge is 0.274 e. The third-order valence-electron chi connectivity index (χ3n) is 2.64. The number of benzene rings is 2. The van der Waals surface area contributed by atoms with Crippen LogP contribution in [0.25, 0.3) is 0 Å². The maximum Gasteiger partial charge on any atom is 0.274 e. The Kier molecular flexibility index (Phi) is 4.72. The molecule has 2 aromatic rings. The van der Waals surface area contributed by atoms with E-state index in [1.807, 2.05) is 0 Å².